The van der Waals surface area contributed by atoms with E-state index in [1.54, 1.807) is 0 Å². The van der Waals surface area contributed by atoms with E-state index in [1.165, 1.54) is 6.42 Å². The molecule has 16 heavy (non-hydrogen) atoms. The van der Waals surface area contributed by atoms with Crippen molar-refractivity contribution in [2.24, 2.45) is 0 Å². The van der Waals surface area contributed by atoms with Gasteiger partial charge in [0.1, 0.15) is 12.0 Å². The molecule has 1 fully saturated rings. The Morgan fingerprint density at radius 1 is 1.44 bits per heavy atom. The van der Waals surface area contributed by atoms with Crippen molar-refractivity contribution in [3.05, 3.63) is 28.8 Å². The van der Waals surface area contributed by atoms with E-state index in [9.17, 15) is 4.79 Å². The van der Waals surface area contributed by atoms with Crippen LogP contribution in [0.2, 0.25) is 5.02 Å². The molecule has 0 spiro atoms. The van der Waals surface area contributed by atoms with Gasteiger partial charge in [-0.25, -0.2) is 0 Å². The van der Waals surface area contributed by atoms with Crippen molar-refractivity contribution in [3.63, 3.8) is 0 Å². The first-order valence-electron chi connectivity index (χ1n) is 5.68. The molecule has 1 saturated carbocycles. The Balaban J connectivity index is 2.00. The summed E-state index contributed by atoms with van der Waals surface area (Å²) in [5.74, 6) is 0.765. The lowest BCUT2D eigenvalue weighted by Gasteiger charge is -2.26. The minimum atomic E-state index is 0.346. The molecular formula is C13H15ClO2. The normalized spacial score (nSPS) is 15.6. The fraction of sp³-hybridized carbons (Fsp3) is 0.462. The van der Waals surface area contributed by atoms with Crippen LogP contribution in [0.25, 0.3) is 0 Å². The Bertz CT molecular complexity index is 372. The first kappa shape index (κ1) is 11.5. The van der Waals surface area contributed by atoms with Crippen molar-refractivity contribution in [1.29, 1.82) is 0 Å². The van der Waals surface area contributed by atoms with Gasteiger partial charge in [-0.05, 0) is 43.4 Å². The number of benzene rings is 1. The predicted octanol–water partition coefficient (Wildman–Crippen LogP) is 3.40. The highest BCUT2D eigenvalue weighted by Gasteiger charge is 2.20. The van der Waals surface area contributed by atoms with Crippen molar-refractivity contribution in [3.8, 4) is 5.75 Å². The lowest BCUT2D eigenvalue weighted by Crippen LogP contribution is -2.24. The largest absolute Gasteiger partial charge is 0.489 e. The second kappa shape index (κ2) is 5.35. The molecular weight excluding hydrogens is 224 g/mol. The highest BCUT2D eigenvalue weighted by atomic mass is 35.5. The van der Waals surface area contributed by atoms with Crippen LogP contribution in [0.1, 0.15) is 31.2 Å². The Morgan fingerprint density at radius 2 is 2.25 bits per heavy atom. The summed E-state index contributed by atoms with van der Waals surface area (Å²) in [5, 5.41) is 0.648. The van der Waals surface area contributed by atoms with Gasteiger partial charge in [0.15, 0.2) is 0 Å². The van der Waals surface area contributed by atoms with Crippen LogP contribution in [-0.4, -0.2) is 12.4 Å². The summed E-state index contributed by atoms with van der Waals surface area (Å²) in [7, 11) is 0. The molecule has 0 N–H and O–H groups in total. The van der Waals surface area contributed by atoms with E-state index in [1.807, 2.05) is 18.2 Å². The molecule has 86 valence electrons. The molecule has 2 nitrogen and oxygen atoms in total. The Morgan fingerprint density at radius 3 is 2.81 bits per heavy atom. The number of hydrogen-bond donors (Lipinski definition) is 0. The number of aldehydes is 1. The first-order valence-corrected chi connectivity index (χ1v) is 6.06. The number of carbonyl (C=O) groups is 1. The van der Waals surface area contributed by atoms with Gasteiger partial charge in [0.05, 0.1) is 11.1 Å². The van der Waals surface area contributed by atoms with Gasteiger partial charge in [0, 0.05) is 6.42 Å². The summed E-state index contributed by atoms with van der Waals surface area (Å²) < 4.78 is 5.74. The highest BCUT2D eigenvalue weighted by molar-refractivity contribution is 6.32. The third-order valence-electron chi connectivity index (χ3n) is 2.89. The number of aryl methyl sites for hydroxylation is 1. The maximum atomic E-state index is 10.3. The van der Waals surface area contributed by atoms with E-state index < -0.39 is 0 Å². The van der Waals surface area contributed by atoms with Crippen LogP contribution in [0.3, 0.4) is 0 Å². The van der Waals surface area contributed by atoms with Crippen LogP contribution in [0.5, 0.6) is 5.75 Å². The van der Waals surface area contributed by atoms with Crippen molar-refractivity contribution >= 4 is 17.9 Å². The van der Waals surface area contributed by atoms with Crippen molar-refractivity contribution in [2.75, 3.05) is 0 Å². The maximum absolute atomic E-state index is 10.3. The Hall–Kier alpha value is -1.02. The molecule has 3 heteroatoms. The van der Waals surface area contributed by atoms with E-state index in [0.29, 0.717) is 17.5 Å². The molecule has 0 heterocycles. The molecule has 1 aromatic carbocycles. The minimum absolute atomic E-state index is 0.346. The zero-order valence-corrected chi connectivity index (χ0v) is 9.87. The van der Waals surface area contributed by atoms with Gasteiger partial charge in [-0.2, -0.15) is 0 Å². The monoisotopic (exact) mass is 238 g/mol. The summed E-state index contributed by atoms with van der Waals surface area (Å²) in [5.41, 5.74) is 1.08. The summed E-state index contributed by atoms with van der Waals surface area (Å²) in [6.45, 7) is 0. The molecule has 0 unspecified atom stereocenters. The zero-order chi connectivity index (χ0) is 11.4. The van der Waals surface area contributed by atoms with Crippen molar-refractivity contribution in [2.45, 2.75) is 38.2 Å². The topological polar surface area (TPSA) is 26.3 Å². The lowest BCUT2D eigenvalue weighted by atomic mass is 9.96. The van der Waals surface area contributed by atoms with E-state index in [4.69, 9.17) is 16.3 Å². The average molecular weight is 239 g/mol. The predicted molar refractivity (Wildman–Crippen MR) is 64.1 cm³/mol. The van der Waals surface area contributed by atoms with E-state index in [-0.39, 0.29) is 0 Å². The van der Waals surface area contributed by atoms with Crippen LogP contribution < -0.4 is 4.74 Å². The van der Waals surface area contributed by atoms with Gasteiger partial charge in [0.25, 0.3) is 0 Å². The quantitative estimate of drug-likeness (QED) is 0.735. The van der Waals surface area contributed by atoms with Gasteiger partial charge in [0.2, 0.25) is 0 Å². The first-order chi connectivity index (χ1) is 7.79. The third kappa shape index (κ3) is 2.76. The fourth-order valence-corrected chi connectivity index (χ4v) is 1.94. The molecule has 0 aromatic heterocycles. The summed E-state index contributed by atoms with van der Waals surface area (Å²) >= 11 is 6.12. The second-order valence-corrected chi connectivity index (χ2v) is 4.55. The molecule has 1 aromatic rings. The standard InChI is InChI=1S/C13H15ClO2/c14-12-9-10(3-2-8-15)6-7-13(12)16-11-4-1-5-11/h6-9,11H,1-5H2. The van der Waals surface area contributed by atoms with Crippen molar-refractivity contribution in [1.82, 2.24) is 0 Å². The molecule has 2 rings (SSSR count). The fourth-order valence-electron chi connectivity index (χ4n) is 1.69. The number of rotatable bonds is 5. The van der Waals surface area contributed by atoms with Crippen LogP contribution >= 0.6 is 11.6 Å². The Labute approximate surface area is 101 Å². The van der Waals surface area contributed by atoms with E-state index in [2.05, 4.69) is 0 Å². The average Bonchev–Trinajstić information content (AvgIpc) is 2.22. The molecule has 1 aliphatic carbocycles. The summed E-state index contributed by atoms with van der Waals surface area (Å²) in [6.07, 6.45) is 6.06. The molecule has 0 bridgehead atoms. The van der Waals surface area contributed by atoms with Gasteiger partial charge in [-0.15, -0.1) is 0 Å². The van der Waals surface area contributed by atoms with Crippen molar-refractivity contribution < 1.29 is 9.53 Å². The molecule has 0 atom stereocenters. The van der Waals surface area contributed by atoms with Crippen LogP contribution in [0.15, 0.2) is 18.2 Å². The molecule has 0 aliphatic heterocycles. The number of hydrogen-bond acceptors (Lipinski definition) is 2. The van der Waals surface area contributed by atoms with Crippen LogP contribution in [-0.2, 0) is 11.2 Å². The van der Waals surface area contributed by atoms with Gasteiger partial charge >= 0.3 is 0 Å². The molecule has 0 amide bonds. The van der Waals surface area contributed by atoms with E-state index >= 15 is 0 Å². The smallest absolute Gasteiger partial charge is 0.138 e. The molecule has 0 radical (unpaired) electrons. The van der Waals surface area contributed by atoms with Gasteiger partial charge in [-0.1, -0.05) is 17.7 Å². The number of carbonyl (C=O) groups excluding carboxylic acids is 1. The third-order valence-corrected chi connectivity index (χ3v) is 3.19. The highest BCUT2D eigenvalue weighted by Crippen LogP contribution is 2.31. The van der Waals surface area contributed by atoms with Gasteiger partial charge in [-0.3, -0.25) is 0 Å². The maximum Gasteiger partial charge on any atom is 0.138 e. The lowest BCUT2D eigenvalue weighted by molar-refractivity contribution is -0.107. The SMILES string of the molecule is O=CCCc1ccc(OC2CCC2)c(Cl)c1. The van der Waals surface area contributed by atoms with Crippen LogP contribution in [0.4, 0.5) is 0 Å². The van der Waals surface area contributed by atoms with Gasteiger partial charge < -0.3 is 9.53 Å². The second-order valence-electron chi connectivity index (χ2n) is 4.14. The number of halogens is 1. The zero-order valence-electron chi connectivity index (χ0n) is 9.12. The molecule has 1 aliphatic rings. The van der Waals surface area contributed by atoms with E-state index in [0.717, 1.165) is 36.9 Å². The van der Waals surface area contributed by atoms with Crippen LogP contribution in [0, 0.1) is 0 Å². The number of ether oxygens (including phenoxy) is 1. The minimum Gasteiger partial charge on any atom is -0.489 e. The summed E-state index contributed by atoms with van der Waals surface area (Å²) in [4.78, 5) is 10.3. The molecule has 0 saturated heterocycles. The summed E-state index contributed by atoms with van der Waals surface area (Å²) in [6, 6.07) is 5.77. The Kier molecular flexibility index (Phi) is 3.83.